The van der Waals surface area contributed by atoms with Gasteiger partial charge in [-0.2, -0.15) is 0 Å². The smallest absolute Gasteiger partial charge is 0.251 e. The Labute approximate surface area is 108 Å². The number of carbonyl (C=O) groups excluding carboxylic acids is 1. The molecule has 1 aliphatic carbocycles. The van der Waals surface area contributed by atoms with Crippen molar-refractivity contribution >= 4 is 5.91 Å². The summed E-state index contributed by atoms with van der Waals surface area (Å²) < 4.78 is 5.21. The number of carbonyl (C=O) groups is 1. The van der Waals surface area contributed by atoms with Gasteiger partial charge in [0.2, 0.25) is 0 Å². The first kappa shape index (κ1) is 11.6. The maximum atomic E-state index is 11.9. The summed E-state index contributed by atoms with van der Waals surface area (Å²) in [6.45, 7) is 0.794. The minimum atomic E-state index is 0.0400. The lowest BCUT2D eigenvalue weighted by Crippen LogP contribution is -2.37. The van der Waals surface area contributed by atoms with Gasteiger partial charge >= 0.3 is 0 Å². The molecule has 1 N–H and O–H groups in total. The molecule has 1 atom stereocenters. The monoisotopic (exact) mass is 245 g/mol. The molecule has 0 aromatic heterocycles. The predicted molar refractivity (Wildman–Crippen MR) is 70.0 cm³/mol. The summed E-state index contributed by atoms with van der Waals surface area (Å²) >= 11 is 0. The van der Waals surface area contributed by atoms with E-state index < -0.39 is 0 Å². The third kappa shape index (κ3) is 1.88. The zero-order valence-corrected chi connectivity index (χ0v) is 10.7. The van der Waals surface area contributed by atoms with Crippen LogP contribution in [-0.4, -0.2) is 19.6 Å². The first-order chi connectivity index (χ1) is 8.79. The van der Waals surface area contributed by atoms with Gasteiger partial charge in [-0.05, 0) is 36.5 Å². The number of nitrogens with one attached hydrogen (secondary N) is 1. The molecule has 1 aliphatic heterocycles. The lowest BCUT2D eigenvalue weighted by molar-refractivity contribution is 0.0934. The quantitative estimate of drug-likeness (QED) is 0.870. The molecule has 18 heavy (non-hydrogen) atoms. The Kier molecular flexibility index (Phi) is 2.98. The van der Waals surface area contributed by atoms with E-state index >= 15 is 0 Å². The van der Waals surface area contributed by atoms with Crippen molar-refractivity contribution in [3.05, 3.63) is 29.3 Å². The van der Waals surface area contributed by atoms with E-state index in [1.807, 2.05) is 12.1 Å². The summed E-state index contributed by atoms with van der Waals surface area (Å²) in [6.07, 6.45) is 5.26. The fourth-order valence-electron chi connectivity index (χ4n) is 3.37. The zero-order valence-electron chi connectivity index (χ0n) is 10.7. The number of benzene rings is 1. The van der Waals surface area contributed by atoms with Crippen LogP contribution in [0, 0.1) is 5.92 Å². The molecule has 0 spiro atoms. The van der Waals surface area contributed by atoms with Crippen LogP contribution >= 0.6 is 0 Å². The second kappa shape index (κ2) is 4.63. The Morgan fingerprint density at radius 2 is 2.06 bits per heavy atom. The van der Waals surface area contributed by atoms with Crippen LogP contribution in [0.1, 0.15) is 47.5 Å². The molecule has 1 heterocycles. The normalized spacial score (nSPS) is 23.6. The molecule has 1 aromatic rings. The van der Waals surface area contributed by atoms with Crippen LogP contribution < -0.4 is 10.1 Å². The van der Waals surface area contributed by atoms with Gasteiger partial charge in [0.05, 0.1) is 7.11 Å². The fourth-order valence-corrected chi connectivity index (χ4v) is 3.37. The van der Waals surface area contributed by atoms with Gasteiger partial charge in [0.15, 0.2) is 0 Å². The summed E-state index contributed by atoms with van der Waals surface area (Å²) in [5.41, 5.74) is 2.02. The first-order valence-corrected chi connectivity index (χ1v) is 6.75. The van der Waals surface area contributed by atoms with E-state index in [4.69, 9.17) is 4.74 Å². The summed E-state index contributed by atoms with van der Waals surface area (Å²) in [5.74, 6) is 2.03. The van der Waals surface area contributed by atoms with Gasteiger partial charge in [-0.25, -0.2) is 0 Å². The summed E-state index contributed by atoms with van der Waals surface area (Å²) in [4.78, 5) is 11.9. The predicted octanol–water partition coefficient (Wildman–Crippen LogP) is 2.71. The average molecular weight is 245 g/mol. The van der Waals surface area contributed by atoms with Gasteiger partial charge in [0.1, 0.15) is 5.75 Å². The maximum absolute atomic E-state index is 11.9. The molecule has 2 aliphatic rings. The van der Waals surface area contributed by atoms with E-state index in [1.54, 1.807) is 7.11 Å². The van der Waals surface area contributed by atoms with Crippen molar-refractivity contribution in [2.75, 3.05) is 13.7 Å². The van der Waals surface area contributed by atoms with Crippen molar-refractivity contribution in [2.45, 2.75) is 31.6 Å². The van der Waals surface area contributed by atoms with E-state index in [1.165, 1.54) is 31.2 Å². The number of hydrogen-bond donors (Lipinski definition) is 1. The fraction of sp³-hybridized carbons (Fsp3) is 0.533. The van der Waals surface area contributed by atoms with Crippen molar-refractivity contribution < 1.29 is 9.53 Å². The highest BCUT2D eigenvalue weighted by atomic mass is 16.5. The van der Waals surface area contributed by atoms with E-state index in [0.29, 0.717) is 5.92 Å². The highest BCUT2D eigenvalue weighted by molar-refractivity contribution is 5.97. The SMILES string of the molecule is COc1ccc2c(c1)C(=O)NCC2C1CCCC1. The van der Waals surface area contributed by atoms with E-state index in [2.05, 4.69) is 11.4 Å². The second-order valence-corrected chi connectivity index (χ2v) is 5.31. The van der Waals surface area contributed by atoms with E-state index in [0.717, 1.165) is 23.8 Å². The molecule has 1 unspecified atom stereocenters. The first-order valence-electron chi connectivity index (χ1n) is 6.75. The van der Waals surface area contributed by atoms with Crippen molar-refractivity contribution in [2.24, 2.45) is 5.92 Å². The molecule has 0 saturated heterocycles. The van der Waals surface area contributed by atoms with Crippen LogP contribution in [0.25, 0.3) is 0 Å². The second-order valence-electron chi connectivity index (χ2n) is 5.31. The molecular formula is C15H19NO2. The Morgan fingerprint density at radius 1 is 1.28 bits per heavy atom. The molecule has 0 radical (unpaired) electrons. The molecule has 3 nitrogen and oxygen atoms in total. The van der Waals surface area contributed by atoms with Gasteiger partial charge in [-0.3, -0.25) is 4.79 Å². The van der Waals surface area contributed by atoms with Crippen LogP contribution in [0.15, 0.2) is 18.2 Å². The Hall–Kier alpha value is -1.51. The maximum Gasteiger partial charge on any atom is 0.251 e. The molecule has 0 bridgehead atoms. The van der Waals surface area contributed by atoms with Crippen molar-refractivity contribution in [1.82, 2.24) is 5.32 Å². The minimum Gasteiger partial charge on any atom is -0.497 e. The van der Waals surface area contributed by atoms with Crippen molar-refractivity contribution in [1.29, 1.82) is 0 Å². The Bertz CT molecular complexity index is 464. The van der Waals surface area contributed by atoms with Crippen LogP contribution in [0.2, 0.25) is 0 Å². The lowest BCUT2D eigenvalue weighted by atomic mass is 9.80. The van der Waals surface area contributed by atoms with Crippen LogP contribution in [0.4, 0.5) is 0 Å². The molecule has 1 saturated carbocycles. The van der Waals surface area contributed by atoms with E-state index in [9.17, 15) is 4.79 Å². The van der Waals surface area contributed by atoms with Crippen molar-refractivity contribution in [3.63, 3.8) is 0 Å². The standard InChI is InChI=1S/C15H19NO2/c1-18-11-6-7-12-13(8-11)15(17)16-9-14(12)10-4-2-3-5-10/h6-8,10,14H,2-5,9H2,1H3,(H,16,17). The average Bonchev–Trinajstić information content (AvgIpc) is 2.93. The number of fused-ring (bicyclic) bond motifs is 1. The number of ether oxygens (including phenoxy) is 1. The zero-order chi connectivity index (χ0) is 12.5. The summed E-state index contributed by atoms with van der Waals surface area (Å²) in [7, 11) is 1.64. The topological polar surface area (TPSA) is 38.3 Å². The molecule has 3 rings (SSSR count). The van der Waals surface area contributed by atoms with Gasteiger partial charge < -0.3 is 10.1 Å². The Balaban J connectivity index is 1.97. The minimum absolute atomic E-state index is 0.0400. The third-order valence-electron chi connectivity index (χ3n) is 4.36. The number of rotatable bonds is 2. The van der Waals surface area contributed by atoms with Gasteiger partial charge in [0, 0.05) is 18.0 Å². The molecule has 1 aromatic carbocycles. The Morgan fingerprint density at radius 3 is 2.78 bits per heavy atom. The molecular weight excluding hydrogens is 226 g/mol. The third-order valence-corrected chi connectivity index (χ3v) is 4.36. The van der Waals surface area contributed by atoms with Crippen LogP contribution in [0.3, 0.4) is 0 Å². The summed E-state index contributed by atoms with van der Waals surface area (Å²) in [6, 6.07) is 5.92. The molecule has 1 amide bonds. The van der Waals surface area contributed by atoms with Crippen LogP contribution in [0.5, 0.6) is 5.75 Å². The molecule has 3 heteroatoms. The lowest BCUT2D eigenvalue weighted by Gasteiger charge is -2.30. The van der Waals surface area contributed by atoms with E-state index in [-0.39, 0.29) is 5.91 Å². The highest BCUT2D eigenvalue weighted by Gasteiger charge is 2.32. The highest BCUT2D eigenvalue weighted by Crippen LogP contribution is 2.40. The van der Waals surface area contributed by atoms with Crippen molar-refractivity contribution in [3.8, 4) is 5.75 Å². The number of amides is 1. The molecule has 1 fully saturated rings. The van der Waals surface area contributed by atoms with Gasteiger partial charge in [-0.1, -0.05) is 18.9 Å². The summed E-state index contributed by atoms with van der Waals surface area (Å²) in [5, 5.41) is 3.02. The molecule has 96 valence electrons. The number of hydrogen-bond acceptors (Lipinski definition) is 2. The largest absolute Gasteiger partial charge is 0.497 e. The van der Waals surface area contributed by atoms with Gasteiger partial charge in [-0.15, -0.1) is 0 Å². The van der Waals surface area contributed by atoms with Gasteiger partial charge in [0.25, 0.3) is 5.91 Å². The van der Waals surface area contributed by atoms with Crippen LogP contribution in [-0.2, 0) is 0 Å². The number of methoxy groups -OCH3 is 1.